The second-order valence-corrected chi connectivity index (χ2v) is 2.17. The molecule has 3 nitrogen and oxygen atoms in total. The van der Waals surface area contributed by atoms with E-state index in [1.807, 2.05) is 0 Å². The Morgan fingerprint density at radius 2 is 2.25 bits per heavy atom. The normalized spacial score (nSPS) is 37.6. The first-order valence-corrected chi connectivity index (χ1v) is 2.85. The molecule has 0 radical (unpaired) electrons. The van der Waals surface area contributed by atoms with Crippen molar-refractivity contribution < 1.29 is 5.11 Å². The van der Waals surface area contributed by atoms with Crippen molar-refractivity contribution in [1.29, 1.82) is 0 Å². The van der Waals surface area contributed by atoms with Crippen molar-refractivity contribution in [3.63, 3.8) is 0 Å². The van der Waals surface area contributed by atoms with E-state index in [-0.39, 0.29) is 6.04 Å². The highest BCUT2D eigenvalue weighted by atomic mass is 16.3. The summed E-state index contributed by atoms with van der Waals surface area (Å²) in [5, 5.41) is 11.7. The van der Waals surface area contributed by atoms with Gasteiger partial charge in [0.15, 0.2) is 0 Å². The number of hydrogen-bond acceptors (Lipinski definition) is 3. The molecule has 1 aliphatic rings. The lowest BCUT2D eigenvalue weighted by atomic mass is 10.2. The standard InChI is InChI=1S/C5H9NO2/c7-5-3-1-2-4(5)6-8/h4-5,7H,1-3H2/t4-,5+/m0/s1. The number of aliphatic hydroxyl groups excluding tert-OH is 1. The maximum Gasteiger partial charge on any atom is 0.118 e. The predicted octanol–water partition coefficient (Wildman–Crippen LogP) is 0.666. The molecule has 0 bridgehead atoms. The van der Waals surface area contributed by atoms with Crippen LogP contribution in [0.3, 0.4) is 0 Å². The molecule has 1 fully saturated rings. The van der Waals surface area contributed by atoms with E-state index >= 15 is 0 Å². The van der Waals surface area contributed by atoms with Crippen LogP contribution in [0.25, 0.3) is 0 Å². The van der Waals surface area contributed by atoms with Gasteiger partial charge < -0.3 is 5.11 Å². The predicted molar refractivity (Wildman–Crippen MR) is 29.4 cm³/mol. The van der Waals surface area contributed by atoms with Crippen molar-refractivity contribution >= 4 is 0 Å². The Hall–Kier alpha value is -0.440. The maximum absolute atomic E-state index is 9.81. The fourth-order valence-corrected chi connectivity index (χ4v) is 1.04. The van der Waals surface area contributed by atoms with Crippen LogP contribution >= 0.6 is 0 Å². The molecule has 0 aromatic heterocycles. The molecule has 0 heterocycles. The Morgan fingerprint density at radius 1 is 1.50 bits per heavy atom. The minimum absolute atomic E-state index is 0.310. The number of hydrogen-bond donors (Lipinski definition) is 1. The zero-order chi connectivity index (χ0) is 5.98. The van der Waals surface area contributed by atoms with Gasteiger partial charge in [0.25, 0.3) is 0 Å². The Bertz CT molecular complexity index is 94.4. The van der Waals surface area contributed by atoms with Crippen molar-refractivity contribution in [2.24, 2.45) is 5.18 Å². The first-order valence-electron chi connectivity index (χ1n) is 2.85. The quantitative estimate of drug-likeness (QED) is 0.510. The molecule has 0 spiro atoms. The van der Waals surface area contributed by atoms with Crippen LogP contribution in [0.4, 0.5) is 0 Å². The summed E-state index contributed by atoms with van der Waals surface area (Å²) >= 11 is 0. The summed E-state index contributed by atoms with van der Waals surface area (Å²) in [5.41, 5.74) is 0. The Balaban J connectivity index is 2.41. The lowest BCUT2D eigenvalue weighted by Crippen LogP contribution is -2.15. The van der Waals surface area contributed by atoms with Crippen molar-refractivity contribution in [2.75, 3.05) is 0 Å². The zero-order valence-corrected chi connectivity index (χ0v) is 4.58. The average molecular weight is 115 g/mol. The molecular weight excluding hydrogens is 106 g/mol. The summed E-state index contributed by atoms with van der Waals surface area (Å²) in [7, 11) is 0. The molecule has 0 amide bonds. The van der Waals surface area contributed by atoms with E-state index in [4.69, 9.17) is 5.11 Å². The molecule has 0 saturated heterocycles. The summed E-state index contributed by atoms with van der Waals surface area (Å²) in [6.45, 7) is 0. The molecule has 0 aromatic rings. The van der Waals surface area contributed by atoms with E-state index in [1.54, 1.807) is 0 Å². The monoisotopic (exact) mass is 115 g/mol. The van der Waals surface area contributed by atoms with Crippen LogP contribution in [0.15, 0.2) is 5.18 Å². The molecule has 0 aliphatic heterocycles. The third-order valence-electron chi connectivity index (χ3n) is 1.58. The van der Waals surface area contributed by atoms with E-state index in [2.05, 4.69) is 5.18 Å². The van der Waals surface area contributed by atoms with E-state index < -0.39 is 6.10 Å². The van der Waals surface area contributed by atoms with Crippen molar-refractivity contribution in [3.05, 3.63) is 4.91 Å². The van der Waals surface area contributed by atoms with Crippen LogP contribution in [0, 0.1) is 4.91 Å². The molecule has 0 unspecified atom stereocenters. The molecule has 1 saturated carbocycles. The minimum atomic E-state index is -0.451. The molecule has 1 aliphatic carbocycles. The fourth-order valence-electron chi connectivity index (χ4n) is 1.04. The largest absolute Gasteiger partial charge is 0.391 e. The first-order chi connectivity index (χ1) is 3.84. The van der Waals surface area contributed by atoms with E-state index in [0.29, 0.717) is 0 Å². The van der Waals surface area contributed by atoms with Crippen LogP contribution in [-0.4, -0.2) is 17.3 Å². The fraction of sp³-hybridized carbons (Fsp3) is 1.00. The molecule has 2 atom stereocenters. The highest BCUT2D eigenvalue weighted by Crippen LogP contribution is 2.20. The van der Waals surface area contributed by atoms with Crippen LogP contribution in [-0.2, 0) is 0 Å². The van der Waals surface area contributed by atoms with Gasteiger partial charge in [-0.15, -0.1) is 0 Å². The summed E-state index contributed by atoms with van der Waals surface area (Å²) in [6.07, 6.45) is 2.01. The molecule has 46 valence electrons. The lowest BCUT2D eigenvalue weighted by molar-refractivity contribution is 0.165. The van der Waals surface area contributed by atoms with Crippen LogP contribution < -0.4 is 0 Å². The van der Waals surface area contributed by atoms with Crippen molar-refractivity contribution in [1.82, 2.24) is 0 Å². The topological polar surface area (TPSA) is 49.7 Å². The van der Waals surface area contributed by atoms with Gasteiger partial charge in [0.2, 0.25) is 0 Å². The van der Waals surface area contributed by atoms with E-state index in [9.17, 15) is 4.91 Å². The molecule has 0 aromatic carbocycles. The highest BCUT2D eigenvalue weighted by Gasteiger charge is 2.25. The van der Waals surface area contributed by atoms with Crippen molar-refractivity contribution in [2.45, 2.75) is 31.4 Å². The van der Waals surface area contributed by atoms with Gasteiger partial charge >= 0.3 is 0 Å². The van der Waals surface area contributed by atoms with Gasteiger partial charge in [-0.05, 0) is 19.3 Å². The average Bonchev–Trinajstić information content (AvgIpc) is 2.14. The Morgan fingerprint density at radius 3 is 2.50 bits per heavy atom. The van der Waals surface area contributed by atoms with Gasteiger partial charge in [0.1, 0.15) is 6.04 Å². The minimum Gasteiger partial charge on any atom is -0.391 e. The van der Waals surface area contributed by atoms with Crippen LogP contribution in [0.2, 0.25) is 0 Å². The summed E-state index contributed by atoms with van der Waals surface area (Å²) < 4.78 is 0. The lowest BCUT2D eigenvalue weighted by Gasteiger charge is -2.01. The molecule has 1 N–H and O–H groups in total. The van der Waals surface area contributed by atoms with Gasteiger partial charge in [-0.25, -0.2) is 0 Å². The highest BCUT2D eigenvalue weighted by molar-refractivity contribution is 4.81. The van der Waals surface area contributed by atoms with E-state index in [0.717, 1.165) is 19.3 Å². The molecule has 3 heteroatoms. The van der Waals surface area contributed by atoms with Crippen LogP contribution in [0.5, 0.6) is 0 Å². The maximum atomic E-state index is 9.81. The Labute approximate surface area is 47.7 Å². The van der Waals surface area contributed by atoms with E-state index in [1.165, 1.54) is 0 Å². The smallest absolute Gasteiger partial charge is 0.118 e. The molecule has 1 rings (SSSR count). The van der Waals surface area contributed by atoms with Crippen LogP contribution in [0.1, 0.15) is 19.3 Å². The molecular formula is C5H9NO2. The van der Waals surface area contributed by atoms with Gasteiger partial charge in [-0.1, -0.05) is 5.18 Å². The summed E-state index contributed by atoms with van der Waals surface area (Å²) in [4.78, 5) is 9.81. The third kappa shape index (κ3) is 0.865. The zero-order valence-electron chi connectivity index (χ0n) is 4.58. The SMILES string of the molecule is O=N[C@H]1CCC[C@H]1O. The second kappa shape index (κ2) is 2.22. The Kier molecular flexibility index (Phi) is 1.58. The number of rotatable bonds is 1. The van der Waals surface area contributed by atoms with Crippen molar-refractivity contribution in [3.8, 4) is 0 Å². The molecule has 8 heavy (non-hydrogen) atoms. The number of nitrogens with zero attached hydrogens (tertiary/aromatic N) is 1. The van der Waals surface area contributed by atoms with Gasteiger partial charge in [0.05, 0.1) is 6.10 Å². The third-order valence-corrected chi connectivity index (χ3v) is 1.58. The summed E-state index contributed by atoms with van der Waals surface area (Å²) in [5.74, 6) is 0. The summed E-state index contributed by atoms with van der Waals surface area (Å²) in [6, 6.07) is -0.310. The van der Waals surface area contributed by atoms with Gasteiger partial charge in [-0.2, -0.15) is 4.91 Å². The van der Waals surface area contributed by atoms with Gasteiger partial charge in [0, 0.05) is 0 Å². The number of nitroso groups, excluding NO2 is 1. The first kappa shape index (κ1) is 5.69. The number of aliphatic hydroxyl groups is 1. The second-order valence-electron chi connectivity index (χ2n) is 2.17. The van der Waals surface area contributed by atoms with Gasteiger partial charge in [-0.3, -0.25) is 0 Å².